The summed E-state index contributed by atoms with van der Waals surface area (Å²) in [5.74, 6) is 1.28. The topological polar surface area (TPSA) is 62.0 Å². The lowest BCUT2D eigenvalue weighted by molar-refractivity contribution is 0.122. The average molecular weight is 488 g/mol. The SMILES string of the molecule is CCNC(=NCc1ccc(N2CCOCC2)c(F)c1)NCc1ccco1.I. The van der Waals surface area contributed by atoms with Gasteiger partial charge in [0.15, 0.2) is 5.96 Å². The van der Waals surface area contributed by atoms with Gasteiger partial charge >= 0.3 is 0 Å². The summed E-state index contributed by atoms with van der Waals surface area (Å²) in [5, 5.41) is 6.37. The lowest BCUT2D eigenvalue weighted by atomic mass is 10.1. The standard InChI is InChI=1S/C19H25FN4O2.HI/c1-2-21-19(23-14-16-4-3-9-26-16)22-13-15-5-6-18(17(20)12-15)24-7-10-25-11-8-24;/h3-6,9,12H,2,7-8,10-11,13-14H2,1H3,(H2,21,22,23);1H. The van der Waals surface area contributed by atoms with Gasteiger partial charge in [0.2, 0.25) is 0 Å². The molecule has 0 spiro atoms. The molecule has 1 aromatic carbocycles. The van der Waals surface area contributed by atoms with Gasteiger partial charge in [-0.2, -0.15) is 0 Å². The van der Waals surface area contributed by atoms with Crippen molar-refractivity contribution in [1.29, 1.82) is 0 Å². The number of nitrogens with one attached hydrogen (secondary N) is 2. The third kappa shape index (κ3) is 6.39. The van der Waals surface area contributed by atoms with Gasteiger partial charge in [-0.05, 0) is 36.8 Å². The Kier molecular flexibility index (Phi) is 8.86. The van der Waals surface area contributed by atoms with Gasteiger partial charge in [-0.1, -0.05) is 6.07 Å². The first-order valence-corrected chi connectivity index (χ1v) is 8.92. The van der Waals surface area contributed by atoms with E-state index in [-0.39, 0.29) is 29.8 Å². The van der Waals surface area contributed by atoms with Crippen LogP contribution in [0.15, 0.2) is 46.0 Å². The van der Waals surface area contributed by atoms with Crippen molar-refractivity contribution in [2.24, 2.45) is 4.99 Å². The van der Waals surface area contributed by atoms with Crippen LogP contribution >= 0.6 is 24.0 Å². The Morgan fingerprint density at radius 3 is 2.70 bits per heavy atom. The predicted octanol–water partition coefficient (Wildman–Crippen LogP) is 3.13. The number of morpholine rings is 1. The van der Waals surface area contributed by atoms with Crippen molar-refractivity contribution in [2.75, 3.05) is 37.7 Å². The Morgan fingerprint density at radius 2 is 2.04 bits per heavy atom. The molecule has 0 radical (unpaired) electrons. The van der Waals surface area contributed by atoms with Crippen molar-refractivity contribution in [3.8, 4) is 0 Å². The minimum atomic E-state index is -0.215. The van der Waals surface area contributed by atoms with Gasteiger partial charge in [0.05, 0.1) is 38.3 Å². The Hall–Kier alpha value is -1.81. The summed E-state index contributed by atoms with van der Waals surface area (Å²) < 4.78 is 25.1. The fourth-order valence-electron chi connectivity index (χ4n) is 2.81. The molecule has 0 atom stereocenters. The van der Waals surface area contributed by atoms with E-state index in [0.29, 0.717) is 38.0 Å². The van der Waals surface area contributed by atoms with Gasteiger partial charge in [-0.15, -0.1) is 24.0 Å². The lowest BCUT2D eigenvalue weighted by Gasteiger charge is -2.29. The van der Waals surface area contributed by atoms with Gasteiger partial charge < -0.3 is 24.7 Å². The first kappa shape index (κ1) is 21.5. The summed E-state index contributed by atoms with van der Waals surface area (Å²) >= 11 is 0. The largest absolute Gasteiger partial charge is 0.467 e. The Balaban J connectivity index is 0.00000261. The molecule has 1 fully saturated rings. The highest BCUT2D eigenvalue weighted by molar-refractivity contribution is 14.0. The van der Waals surface area contributed by atoms with Gasteiger partial charge in [-0.25, -0.2) is 9.38 Å². The Labute approximate surface area is 176 Å². The number of benzene rings is 1. The van der Waals surface area contributed by atoms with E-state index in [2.05, 4.69) is 15.6 Å². The van der Waals surface area contributed by atoms with Crippen LogP contribution in [0, 0.1) is 5.82 Å². The average Bonchev–Trinajstić information content (AvgIpc) is 3.18. The molecule has 2 heterocycles. The van der Waals surface area contributed by atoms with E-state index >= 15 is 0 Å². The molecular formula is C19H26FIN4O2. The number of halogens is 2. The zero-order valence-corrected chi connectivity index (χ0v) is 17.7. The van der Waals surface area contributed by atoms with Crippen LogP contribution in [0.2, 0.25) is 0 Å². The zero-order chi connectivity index (χ0) is 18.2. The molecule has 0 saturated carbocycles. The first-order valence-electron chi connectivity index (χ1n) is 8.92. The molecule has 8 heteroatoms. The van der Waals surface area contributed by atoms with Crippen LogP contribution in [0.1, 0.15) is 18.2 Å². The van der Waals surface area contributed by atoms with Crippen molar-refractivity contribution in [3.05, 3.63) is 53.7 Å². The maximum Gasteiger partial charge on any atom is 0.191 e. The molecule has 0 bridgehead atoms. The predicted molar refractivity (Wildman–Crippen MR) is 115 cm³/mol. The second-order valence-corrected chi connectivity index (χ2v) is 6.01. The van der Waals surface area contributed by atoms with Crippen LogP contribution in [0.25, 0.3) is 0 Å². The fraction of sp³-hybridized carbons (Fsp3) is 0.421. The number of guanidine groups is 1. The second kappa shape index (κ2) is 11.1. The fourth-order valence-corrected chi connectivity index (χ4v) is 2.81. The molecule has 0 amide bonds. The zero-order valence-electron chi connectivity index (χ0n) is 15.4. The molecule has 1 aromatic heterocycles. The molecule has 148 valence electrons. The van der Waals surface area contributed by atoms with E-state index in [9.17, 15) is 4.39 Å². The molecule has 0 aliphatic carbocycles. The second-order valence-electron chi connectivity index (χ2n) is 6.01. The van der Waals surface area contributed by atoms with E-state index in [1.165, 1.54) is 0 Å². The van der Waals surface area contributed by atoms with Gasteiger partial charge in [-0.3, -0.25) is 0 Å². The van der Waals surface area contributed by atoms with Crippen LogP contribution < -0.4 is 15.5 Å². The molecule has 1 saturated heterocycles. The van der Waals surface area contributed by atoms with Crippen LogP contribution in [-0.2, 0) is 17.8 Å². The highest BCUT2D eigenvalue weighted by Gasteiger charge is 2.15. The molecule has 1 aliphatic heterocycles. The first-order chi connectivity index (χ1) is 12.8. The third-order valence-corrected chi connectivity index (χ3v) is 4.14. The van der Waals surface area contributed by atoms with Gasteiger partial charge in [0.1, 0.15) is 11.6 Å². The number of nitrogens with zero attached hydrogens (tertiary/aromatic N) is 2. The normalized spacial score (nSPS) is 14.6. The molecule has 6 nitrogen and oxygen atoms in total. The quantitative estimate of drug-likeness (QED) is 0.372. The summed E-state index contributed by atoms with van der Waals surface area (Å²) in [6, 6.07) is 9.06. The molecule has 0 unspecified atom stereocenters. The minimum Gasteiger partial charge on any atom is -0.467 e. The van der Waals surface area contributed by atoms with Gasteiger partial charge in [0.25, 0.3) is 0 Å². The highest BCUT2D eigenvalue weighted by atomic mass is 127. The number of ether oxygens (including phenoxy) is 1. The van der Waals surface area contributed by atoms with Crippen molar-refractivity contribution < 1.29 is 13.5 Å². The number of anilines is 1. The van der Waals surface area contributed by atoms with Crippen LogP contribution in [0.5, 0.6) is 0 Å². The summed E-state index contributed by atoms with van der Waals surface area (Å²) in [6.45, 7) is 6.40. The summed E-state index contributed by atoms with van der Waals surface area (Å²) in [5.41, 5.74) is 1.46. The summed E-state index contributed by atoms with van der Waals surface area (Å²) in [7, 11) is 0. The van der Waals surface area contributed by atoms with Crippen molar-refractivity contribution in [3.63, 3.8) is 0 Å². The van der Waals surface area contributed by atoms with Gasteiger partial charge in [0, 0.05) is 19.6 Å². The van der Waals surface area contributed by atoms with E-state index in [1.54, 1.807) is 12.3 Å². The number of hydrogen-bond acceptors (Lipinski definition) is 4. The molecule has 1 aliphatic rings. The number of furan rings is 1. The number of aliphatic imine (C=N–C) groups is 1. The molecule has 27 heavy (non-hydrogen) atoms. The molecule has 3 rings (SSSR count). The van der Waals surface area contributed by atoms with Crippen molar-refractivity contribution in [1.82, 2.24) is 10.6 Å². The Bertz CT molecular complexity index is 719. The van der Waals surface area contributed by atoms with Crippen LogP contribution in [0.3, 0.4) is 0 Å². The Morgan fingerprint density at radius 1 is 1.22 bits per heavy atom. The van der Waals surface area contributed by atoms with E-state index in [0.717, 1.165) is 31.0 Å². The minimum absolute atomic E-state index is 0. The van der Waals surface area contributed by atoms with E-state index in [4.69, 9.17) is 9.15 Å². The molecule has 2 N–H and O–H groups in total. The summed E-state index contributed by atoms with van der Waals surface area (Å²) in [4.78, 5) is 6.53. The van der Waals surface area contributed by atoms with Crippen LogP contribution in [-0.4, -0.2) is 38.8 Å². The maximum absolute atomic E-state index is 14.5. The van der Waals surface area contributed by atoms with Crippen molar-refractivity contribution in [2.45, 2.75) is 20.0 Å². The summed E-state index contributed by atoms with van der Waals surface area (Å²) in [6.07, 6.45) is 1.64. The van der Waals surface area contributed by atoms with Crippen LogP contribution in [0.4, 0.5) is 10.1 Å². The molecular weight excluding hydrogens is 462 g/mol. The smallest absolute Gasteiger partial charge is 0.191 e. The van der Waals surface area contributed by atoms with E-state index < -0.39 is 0 Å². The monoisotopic (exact) mass is 488 g/mol. The van der Waals surface area contributed by atoms with Crippen molar-refractivity contribution >= 4 is 35.6 Å². The lowest BCUT2D eigenvalue weighted by Crippen LogP contribution is -2.37. The maximum atomic E-state index is 14.5. The number of hydrogen-bond donors (Lipinski definition) is 2. The third-order valence-electron chi connectivity index (χ3n) is 4.14. The molecule has 2 aromatic rings. The highest BCUT2D eigenvalue weighted by Crippen LogP contribution is 2.22. The van der Waals surface area contributed by atoms with E-state index in [1.807, 2.05) is 36.1 Å². The number of rotatable bonds is 6.